The average molecular weight is 548 g/mol. The molecule has 1 saturated heterocycles. The maximum absolute atomic E-state index is 13.8. The minimum Gasteiger partial charge on any atom is -0.372 e. The average Bonchev–Trinajstić information content (AvgIpc) is 2.99. The molecule has 0 aliphatic carbocycles. The van der Waals surface area contributed by atoms with E-state index in [1.807, 2.05) is 66.7 Å². The molecule has 0 atom stereocenters. The number of anilines is 2. The first-order chi connectivity index (χ1) is 19.0. The third kappa shape index (κ3) is 6.92. The summed E-state index contributed by atoms with van der Waals surface area (Å²) in [5, 5.41) is 10.7. The summed E-state index contributed by atoms with van der Waals surface area (Å²) in [5.74, 6) is 1.77. The van der Waals surface area contributed by atoms with Gasteiger partial charge in [0.1, 0.15) is 11.6 Å². The summed E-state index contributed by atoms with van der Waals surface area (Å²) >= 11 is 0. The third-order valence-corrected chi connectivity index (χ3v) is 9.01. The Labute approximate surface area is 228 Å². The molecule has 0 unspecified atom stereocenters. The molecule has 2 N–H and O–H groups in total. The van der Waals surface area contributed by atoms with Crippen molar-refractivity contribution in [2.75, 3.05) is 36.5 Å². The fourth-order valence-electron chi connectivity index (χ4n) is 4.90. The van der Waals surface area contributed by atoms with Crippen LogP contribution in [0.5, 0.6) is 0 Å². The van der Waals surface area contributed by atoms with Gasteiger partial charge in [0.2, 0.25) is 0 Å². The van der Waals surface area contributed by atoms with E-state index in [0.717, 1.165) is 54.7 Å². The monoisotopic (exact) mass is 547 g/mol. The zero-order valence-electron chi connectivity index (χ0n) is 22.1. The van der Waals surface area contributed by atoms with Crippen LogP contribution in [-0.4, -0.2) is 41.5 Å². The van der Waals surface area contributed by atoms with Gasteiger partial charge in [-0.3, -0.25) is 9.36 Å². The van der Waals surface area contributed by atoms with Crippen LogP contribution in [0, 0.1) is 5.92 Å². The molecule has 0 saturated carbocycles. The standard InChI is InChI=1S/C29H34N5O4P/c1-30-28-27-25(19-31-33-29(27)35)18-26(32-28)34-15-12-22(13-16-34)14-17-39(36,37-20-23-8-4-2-5-9-23)38-21-24-10-6-3-7-11-24/h2-11,18-19,22H,12-17,20-21H2,1H3,(H,30,32)(H,33,35). The van der Waals surface area contributed by atoms with Crippen molar-refractivity contribution in [3.63, 3.8) is 0 Å². The lowest BCUT2D eigenvalue weighted by Gasteiger charge is -2.33. The molecular formula is C29H34N5O4P. The number of rotatable bonds is 11. The molecule has 10 heteroatoms. The van der Waals surface area contributed by atoms with Crippen LogP contribution < -0.4 is 15.8 Å². The Kier molecular flexibility index (Phi) is 8.71. The van der Waals surface area contributed by atoms with Gasteiger partial charge >= 0.3 is 7.60 Å². The number of nitrogens with one attached hydrogen (secondary N) is 2. The first-order valence-electron chi connectivity index (χ1n) is 13.3. The van der Waals surface area contributed by atoms with Crippen molar-refractivity contribution < 1.29 is 13.6 Å². The fraction of sp³-hybridized carbons (Fsp3) is 0.345. The number of nitrogens with zero attached hydrogens (tertiary/aromatic N) is 3. The Morgan fingerprint density at radius 2 is 1.62 bits per heavy atom. The van der Waals surface area contributed by atoms with E-state index in [2.05, 4.69) is 20.4 Å². The predicted octanol–water partition coefficient (Wildman–Crippen LogP) is 5.59. The molecule has 0 bridgehead atoms. The van der Waals surface area contributed by atoms with Gasteiger partial charge in [0.15, 0.2) is 0 Å². The molecule has 1 aliphatic rings. The van der Waals surface area contributed by atoms with Crippen molar-refractivity contribution >= 4 is 30.0 Å². The fourth-order valence-corrected chi connectivity index (χ4v) is 6.61. The first kappa shape index (κ1) is 27.1. The highest BCUT2D eigenvalue weighted by Crippen LogP contribution is 2.51. The van der Waals surface area contributed by atoms with E-state index in [1.165, 1.54) is 0 Å². The summed E-state index contributed by atoms with van der Waals surface area (Å²) in [5.41, 5.74) is 1.67. The lowest BCUT2D eigenvalue weighted by molar-refractivity contribution is 0.188. The van der Waals surface area contributed by atoms with E-state index in [4.69, 9.17) is 14.0 Å². The molecule has 3 heterocycles. The molecule has 9 nitrogen and oxygen atoms in total. The third-order valence-electron chi connectivity index (χ3n) is 7.16. The molecule has 1 fully saturated rings. The van der Waals surface area contributed by atoms with Gasteiger partial charge in [-0.15, -0.1) is 0 Å². The van der Waals surface area contributed by atoms with Crippen molar-refractivity contribution in [2.45, 2.75) is 32.5 Å². The smallest absolute Gasteiger partial charge is 0.331 e. The quantitative estimate of drug-likeness (QED) is 0.234. The van der Waals surface area contributed by atoms with Crippen LogP contribution >= 0.6 is 7.60 Å². The van der Waals surface area contributed by atoms with Crippen LogP contribution in [0.2, 0.25) is 0 Å². The Morgan fingerprint density at radius 3 is 2.21 bits per heavy atom. The normalized spacial score (nSPS) is 14.5. The molecule has 1 aliphatic heterocycles. The Morgan fingerprint density at radius 1 is 1.00 bits per heavy atom. The summed E-state index contributed by atoms with van der Waals surface area (Å²) < 4.78 is 25.7. The van der Waals surface area contributed by atoms with Crippen molar-refractivity contribution in [1.29, 1.82) is 0 Å². The van der Waals surface area contributed by atoms with E-state index >= 15 is 0 Å². The summed E-state index contributed by atoms with van der Waals surface area (Å²) in [6.45, 7) is 2.15. The molecular weight excluding hydrogens is 513 g/mol. The Hall–Kier alpha value is -3.52. The number of pyridine rings is 1. The van der Waals surface area contributed by atoms with E-state index in [1.54, 1.807) is 13.2 Å². The van der Waals surface area contributed by atoms with Gasteiger partial charge in [-0.05, 0) is 42.4 Å². The lowest BCUT2D eigenvalue weighted by atomic mass is 9.94. The van der Waals surface area contributed by atoms with Crippen LogP contribution in [0.1, 0.15) is 30.4 Å². The SMILES string of the molecule is CNc1nc(N2CCC(CCP(=O)(OCc3ccccc3)OCc3ccccc3)CC2)cc2cn[nH]c(=O)c12. The topological polar surface area (TPSA) is 109 Å². The van der Waals surface area contributed by atoms with E-state index in [0.29, 0.717) is 23.3 Å². The van der Waals surface area contributed by atoms with Gasteiger partial charge in [0.05, 0.1) is 31.0 Å². The van der Waals surface area contributed by atoms with E-state index in [9.17, 15) is 9.36 Å². The van der Waals surface area contributed by atoms with Crippen LogP contribution in [0.25, 0.3) is 10.8 Å². The number of aromatic nitrogens is 3. The van der Waals surface area contributed by atoms with Crippen molar-refractivity contribution in [3.8, 4) is 0 Å². The number of hydrogen-bond donors (Lipinski definition) is 2. The van der Waals surface area contributed by atoms with Crippen molar-refractivity contribution in [3.05, 3.63) is 94.4 Å². The maximum Gasteiger partial charge on any atom is 0.331 e. The first-order valence-corrected chi connectivity index (χ1v) is 15.0. The van der Waals surface area contributed by atoms with Gasteiger partial charge in [0.25, 0.3) is 5.56 Å². The number of hydrogen-bond acceptors (Lipinski definition) is 8. The van der Waals surface area contributed by atoms with Gasteiger partial charge in [-0.1, -0.05) is 60.7 Å². The van der Waals surface area contributed by atoms with Crippen LogP contribution in [0.3, 0.4) is 0 Å². The molecule has 204 valence electrons. The van der Waals surface area contributed by atoms with Crippen molar-refractivity contribution in [1.82, 2.24) is 15.2 Å². The zero-order valence-corrected chi connectivity index (χ0v) is 23.0. The summed E-state index contributed by atoms with van der Waals surface area (Å²) in [6.07, 6.45) is 4.68. The van der Waals surface area contributed by atoms with Crippen LogP contribution in [-0.2, 0) is 26.8 Å². The molecule has 0 radical (unpaired) electrons. The number of fused-ring (bicyclic) bond motifs is 1. The predicted molar refractivity (Wildman–Crippen MR) is 154 cm³/mol. The highest BCUT2D eigenvalue weighted by atomic mass is 31.2. The largest absolute Gasteiger partial charge is 0.372 e. The van der Waals surface area contributed by atoms with Gasteiger partial charge < -0.3 is 19.3 Å². The number of H-pyrrole nitrogens is 1. The lowest BCUT2D eigenvalue weighted by Crippen LogP contribution is -2.34. The Balaban J connectivity index is 1.21. The Bertz CT molecular complexity index is 1430. The second kappa shape index (κ2) is 12.6. The van der Waals surface area contributed by atoms with E-state index in [-0.39, 0.29) is 18.8 Å². The maximum atomic E-state index is 13.8. The highest BCUT2D eigenvalue weighted by molar-refractivity contribution is 7.53. The molecule has 4 aromatic rings. The minimum absolute atomic E-state index is 0.254. The van der Waals surface area contributed by atoms with Gasteiger partial charge in [-0.2, -0.15) is 5.10 Å². The zero-order chi connectivity index (χ0) is 27.1. The van der Waals surface area contributed by atoms with Crippen LogP contribution in [0.4, 0.5) is 11.6 Å². The molecule has 39 heavy (non-hydrogen) atoms. The molecule has 0 spiro atoms. The molecule has 0 amide bonds. The van der Waals surface area contributed by atoms with Gasteiger partial charge in [0, 0.05) is 25.5 Å². The second-order valence-electron chi connectivity index (χ2n) is 9.81. The summed E-state index contributed by atoms with van der Waals surface area (Å²) in [6, 6.07) is 21.4. The minimum atomic E-state index is -3.31. The number of aromatic amines is 1. The molecule has 2 aromatic carbocycles. The van der Waals surface area contributed by atoms with Crippen LogP contribution in [0.15, 0.2) is 77.7 Å². The second-order valence-corrected chi connectivity index (χ2v) is 12.0. The summed E-state index contributed by atoms with van der Waals surface area (Å²) in [4.78, 5) is 19.2. The van der Waals surface area contributed by atoms with E-state index < -0.39 is 7.60 Å². The highest BCUT2D eigenvalue weighted by Gasteiger charge is 2.29. The molecule has 5 rings (SSSR count). The van der Waals surface area contributed by atoms with Crippen molar-refractivity contribution in [2.24, 2.45) is 5.92 Å². The molecule has 2 aromatic heterocycles. The number of benzene rings is 2. The summed E-state index contributed by atoms with van der Waals surface area (Å²) in [7, 11) is -1.55. The van der Waals surface area contributed by atoms with Gasteiger partial charge in [-0.25, -0.2) is 10.1 Å². The number of piperidine rings is 1.